The van der Waals surface area contributed by atoms with Crippen LogP contribution in [0.4, 0.5) is 11.6 Å². The van der Waals surface area contributed by atoms with Crippen molar-refractivity contribution in [2.45, 2.75) is 17.7 Å². The Morgan fingerprint density at radius 2 is 1.91 bits per heavy atom. The van der Waals surface area contributed by atoms with E-state index in [2.05, 4.69) is 28.5 Å². The Bertz CT molecular complexity index is 1410. The molecule has 0 amide bonds. The predicted molar refractivity (Wildman–Crippen MR) is 126 cm³/mol. The molecule has 2 heterocycles. The molecule has 0 saturated heterocycles. The lowest BCUT2D eigenvalue weighted by Gasteiger charge is -2.16. The molecule has 4 aromatic rings. The van der Waals surface area contributed by atoms with Crippen molar-refractivity contribution < 1.29 is 13.2 Å². The van der Waals surface area contributed by atoms with Gasteiger partial charge in [-0.3, -0.25) is 0 Å². The molecule has 0 radical (unpaired) electrons. The fourth-order valence-corrected chi connectivity index (χ4v) is 5.45. The molecule has 1 aliphatic rings. The first kappa shape index (κ1) is 20.6. The zero-order chi connectivity index (χ0) is 22.3. The fourth-order valence-electron chi connectivity index (χ4n) is 3.72. The first-order valence-corrected chi connectivity index (χ1v) is 12.3. The lowest BCUT2D eigenvalue weighted by molar-refractivity contribution is 0.415. The van der Waals surface area contributed by atoms with Gasteiger partial charge in [-0.25, -0.2) is 23.5 Å². The highest BCUT2D eigenvalue weighted by atomic mass is 32.2. The summed E-state index contributed by atoms with van der Waals surface area (Å²) in [5.41, 5.74) is 4.81. The SMILES string of the molecule is COc1ccc(-c2cc3c(s2)CCc2cnc(Nc4cccc(S(N)(=O)=O)c4)nc2-3)cc1. The van der Waals surface area contributed by atoms with Gasteiger partial charge in [0.2, 0.25) is 16.0 Å². The monoisotopic (exact) mass is 464 g/mol. The molecule has 2 aromatic heterocycles. The molecule has 162 valence electrons. The molecule has 0 aliphatic heterocycles. The van der Waals surface area contributed by atoms with Gasteiger partial charge in [-0.1, -0.05) is 6.07 Å². The van der Waals surface area contributed by atoms with Gasteiger partial charge in [-0.2, -0.15) is 0 Å². The summed E-state index contributed by atoms with van der Waals surface area (Å²) in [4.78, 5) is 11.7. The first-order chi connectivity index (χ1) is 15.4. The summed E-state index contributed by atoms with van der Waals surface area (Å²) < 4.78 is 28.5. The third-order valence-electron chi connectivity index (χ3n) is 5.34. The number of benzene rings is 2. The quantitative estimate of drug-likeness (QED) is 0.454. The standard InChI is InChI=1S/C23H20N4O3S2/c1-30-17-8-5-14(6-9-17)21-12-19-20(31-21)10-7-15-13-25-23(27-22(15)19)26-16-3-2-4-18(11-16)32(24,28)29/h2-6,8-9,11-13H,7,10H2,1H3,(H2,24,28,29)(H,25,26,27). The number of anilines is 2. The molecule has 3 N–H and O–H groups in total. The zero-order valence-corrected chi connectivity index (χ0v) is 18.8. The van der Waals surface area contributed by atoms with Gasteiger partial charge < -0.3 is 10.1 Å². The number of ether oxygens (including phenoxy) is 1. The van der Waals surface area contributed by atoms with Gasteiger partial charge in [0.1, 0.15) is 5.75 Å². The summed E-state index contributed by atoms with van der Waals surface area (Å²) in [5.74, 6) is 1.23. The molecule has 0 atom stereocenters. The summed E-state index contributed by atoms with van der Waals surface area (Å²) in [6.07, 6.45) is 3.67. The van der Waals surface area contributed by atoms with Crippen molar-refractivity contribution in [3.63, 3.8) is 0 Å². The van der Waals surface area contributed by atoms with Crippen LogP contribution in [0.2, 0.25) is 0 Å². The van der Waals surface area contributed by atoms with Gasteiger partial charge in [0, 0.05) is 27.2 Å². The molecular weight excluding hydrogens is 444 g/mol. The van der Waals surface area contributed by atoms with E-state index in [1.165, 1.54) is 21.9 Å². The maximum Gasteiger partial charge on any atom is 0.238 e. The summed E-state index contributed by atoms with van der Waals surface area (Å²) >= 11 is 1.78. The molecule has 1 aliphatic carbocycles. The van der Waals surface area contributed by atoms with Crippen LogP contribution in [-0.2, 0) is 22.9 Å². The van der Waals surface area contributed by atoms with Crippen LogP contribution in [0.5, 0.6) is 5.75 Å². The number of nitrogens with one attached hydrogen (secondary N) is 1. The maximum absolute atomic E-state index is 11.6. The van der Waals surface area contributed by atoms with Crippen molar-refractivity contribution in [3.05, 3.63) is 71.2 Å². The molecule has 32 heavy (non-hydrogen) atoms. The van der Waals surface area contributed by atoms with E-state index in [9.17, 15) is 8.42 Å². The average molecular weight is 465 g/mol. The van der Waals surface area contributed by atoms with E-state index in [1.54, 1.807) is 30.6 Å². The number of nitrogens with two attached hydrogens (primary N) is 1. The Balaban J connectivity index is 1.48. The number of aryl methyl sites for hydroxylation is 2. The Morgan fingerprint density at radius 3 is 2.66 bits per heavy atom. The Hall–Kier alpha value is -3.27. The second-order valence-corrected chi connectivity index (χ2v) is 10.1. The second-order valence-electron chi connectivity index (χ2n) is 7.44. The van der Waals surface area contributed by atoms with Crippen molar-refractivity contribution in [1.82, 2.24) is 9.97 Å². The molecule has 2 aromatic carbocycles. The van der Waals surface area contributed by atoms with Crippen LogP contribution in [0.3, 0.4) is 0 Å². The van der Waals surface area contributed by atoms with Gasteiger partial charge in [0.05, 0.1) is 17.7 Å². The van der Waals surface area contributed by atoms with Crippen molar-refractivity contribution >= 4 is 33.0 Å². The number of primary sulfonamides is 1. The highest BCUT2D eigenvalue weighted by molar-refractivity contribution is 7.89. The number of methoxy groups -OCH3 is 1. The van der Waals surface area contributed by atoms with Crippen LogP contribution in [0.15, 0.2) is 65.7 Å². The number of hydrogen-bond donors (Lipinski definition) is 2. The van der Waals surface area contributed by atoms with Crippen LogP contribution in [0.25, 0.3) is 21.7 Å². The minimum Gasteiger partial charge on any atom is -0.497 e. The molecule has 0 fully saturated rings. The minimum absolute atomic E-state index is 0.0321. The second kappa shape index (κ2) is 8.01. The van der Waals surface area contributed by atoms with Crippen molar-refractivity contribution in [2.24, 2.45) is 5.14 Å². The van der Waals surface area contributed by atoms with Crippen molar-refractivity contribution in [2.75, 3.05) is 12.4 Å². The lowest BCUT2D eigenvalue weighted by Crippen LogP contribution is -2.12. The summed E-state index contributed by atoms with van der Waals surface area (Å²) in [6.45, 7) is 0. The largest absolute Gasteiger partial charge is 0.497 e. The van der Waals surface area contributed by atoms with Crippen LogP contribution in [-0.4, -0.2) is 25.5 Å². The van der Waals surface area contributed by atoms with Gasteiger partial charge in [-0.15, -0.1) is 11.3 Å². The number of rotatable bonds is 5. The van der Waals surface area contributed by atoms with Crippen LogP contribution in [0.1, 0.15) is 10.4 Å². The van der Waals surface area contributed by atoms with Crippen LogP contribution < -0.4 is 15.2 Å². The average Bonchev–Trinajstić information content (AvgIpc) is 3.24. The molecule has 0 unspecified atom stereocenters. The maximum atomic E-state index is 11.6. The molecule has 9 heteroatoms. The number of nitrogens with zero attached hydrogens (tertiary/aromatic N) is 2. The van der Waals surface area contributed by atoms with Gasteiger partial charge in [-0.05, 0) is 72.5 Å². The number of hydrogen-bond acceptors (Lipinski definition) is 7. The van der Waals surface area contributed by atoms with E-state index in [0.29, 0.717) is 11.6 Å². The lowest BCUT2D eigenvalue weighted by atomic mass is 9.96. The molecule has 0 saturated carbocycles. The highest BCUT2D eigenvalue weighted by Crippen LogP contribution is 2.42. The van der Waals surface area contributed by atoms with Crippen molar-refractivity contribution in [1.29, 1.82) is 0 Å². The van der Waals surface area contributed by atoms with E-state index in [1.807, 2.05) is 18.3 Å². The Labute approximate surface area is 190 Å². The highest BCUT2D eigenvalue weighted by Gasteiger charge is 2.22. The first-order valence-electron chi connectivity index (χ1n) is 9.94. The number of sulfonamides is 1. The molecule has 0 spiro atoms. The van der Waals surface area contributed by atoms with Crippen LogP contribution >= 0.6 is 11.3 Å². The number of aromatic nitrogens is 2. The van der Waals surface area contributed by atoms with Crippen LogP contribution in [0, 0.1) is 0 Å². The minimum atomic E-state index is -3.79. The van der Waals surface area contributed by atoms with E-state index in [4.69, 9.17) is 14.9 Å². The van der Waals surface area contributed by atoms with Crippen molar-refractivity contribution in [3.8, 4) is 27.4 Å². The summed E-state index contributed by atoms with van der Waals surface area (Å²) in [7, 11) is -2.13. The number of fused-ring (bicyclic) bond motifs is 3. The van der Waals surface area contributed by atoms with Gasteiger partial charge >= 0.3 is 0 Å². The Kier molecular flexibility index (Phi) is 5.16. The van der Waals surface area contributed by atoms with E-state index in [0.717, 1.165) is 41.0 Å². The Morgan fingerprint density at radius 1 is 1.09 bits per heavy atom. The summed E-state index contributed by atoms with van der Waals surface area (Å²) in [5, 5.41) is 8.33. The molecule has 5 rings (SSSR count). The zero-order valence-electron chi connectivity index (χ0n) is 17.2. The smallest absolute Gasteiger partial charge is 0.238 e. The third-order valence-corrected chi connectivity index (χ3v) is 7.50. The molecule has 7 nitrogen and oxygen atoms in total. The van der Waals surface area contributed by atoms with E-state index in [-0.39, 0.29) is 4.90 Å². The topological polar surface area (TPSA) is 107 Å². The molecular formula is C23H20N4O3S2. The number of thiophene rings is 1. The normalized spacial score (nSPS) is 12.7. The van der Waals surface area contributed by atoms with Gasteiger partial charge in [0.15, 0.2) is 0 Å². The molecule has 0 bridgehead atoms. The third kappa shape index (κ3) is 3.97. The fraction of sp³-hybridized carbons (Fsp3) is 0.130. The predicted octanol–water partition coefficient (Wildman–Crippen LogP) is 4.37. The van der Waals surface area contributed by atoms with E-state index < -0.39 is 10.0 Å². The summed E-state index contributed by atoms with van der Waals surface area (Å²) in [6, 6.07) is 16.5. The van der Waals surface area contributed by atoms with E-state index >= 15 is 0 Å². The van der Waals surface area contributed by atoms with Gasteiger partial charge in [0.25, 0.3) is 0 Å².